The Labute approximate surface area is 218 Å². The summed E-state index contributed by atoms with van der Waals surface area (Å²) in [5.41, 5.74) is -0.0929. The average Bonchev–Trinajstić information content (AvgIpc) is 3.62. The number of anilines is 1. The molecule has 0 N–H and O–H groups in total. The van der Waals surface area contributed by atoms with Crippen LogP contribution in [0.1, 0.15) is 18.9 Å². The van der Waals surface area contributed by atoms with Crippen LogP contribution in [-0.2, 0) is 10.0 Å². The van der Waals surface area contributed by atoms with E-state index in [2.05, 4.69) is 12.0 Å². The van der Waals surface area contributed by atoms with Crippen LogP contribution in [0.4, 0.5) is 14.5 Å². The van der Waals surface area contributed by atoms with Crippen LogP contribution < -0.4 is 15.2 Å². The van der Waals surface area contributed by atoms with E-state index in [1.807, 2.05) is 11.0 Å². The quantitative estimate of drug-likeness (QED) is 0.453. The van der Waals surface area contributed by atoms with Gasteiger partial charge < -0.3 is 9.64 Å². The molecular weight excluding hydrogens is 516 g/mol. The third kappa shape index (κ3) is 5.12. The summed E-state index contributed by atoms with van der Waals surface area (Å²) in [5, 5.41) is 13.3. The van der Waals surface area contributed by atoms with Crippen LogP contribution in [0.15, 0.2) is 58.4 Å². The van der Waals surface area contributed by atoms with Crippen molar-refractivity contribution in [3.8, 4) is 17.5 Å². The van der Waals surface area contributed by atoms with Gasteiger partial charge >= 0.3 is 5.56 Å². The molecule has 0 bridgehead atoms. The summed E-state index contributed by atoms with van der Waals surface area (Å²) in [5.74, 6) is -0.897. The molecule has 9 nitrogen and oxygen atoms in total. The van der Waals surface area contributed by atoms with Gasteiger partial charge in [-0.15, -0.1) is 0 Å². The lowest BCUT2D eigenvalue weighted by Gasteiger charge is -2.35. The molecule has 1 aliphatic heterocycles. The monoisotopic (exact) mass is 541 g/mol. The Morgan fingerprint density at radius 3 is 2.42 bits per heavy atom. The summed E-state index contributed by atoms with van der Waals surface area (Å²) in [7, 11) is -3.82. The number of hydrogen-bond donors (Lipinski definition) is 0. The Hall–Kier alpha value is -3.82. The minimum Gasteiger partial charge on any atom is -0.486 e. The number of piperazine rings is 1. The Kier molecular flexibility index (Phi) is 6.90. The molecule has 198 valence electrons. The Morgan fingerprint density at radius 2 is 1.79 bits per heavy atom. The van der Waals surface area contributed by atoms with Gasteiger partial charge in [-0.05, 0) is 48.6 Å². The number of hydrogen-bond acceptors (Lipinski definition) is 7. The van der Waals surface area contributed by atoms with E-state index in [1.165, 1.54) is 34.8 Å². The lowest BCUT2D eigenvalue weighted by molar-refractivity contribution is 0.286. The van der Waals surface area contributed by atoms with Crippen molar-refractivity contribution in [3.63, 3.8) is 0 Å². The first kappa shape index (κ1) is 25.8. The molecule has 38 heavy (non-hydrogen) atoms. The minimum absolute atomic E-state index is 0.00166. The van der Waals surface area contributed by atoms with E-state index in [1.54, 1.807) is 0 Å². The highest BCUT2D eigenvalue weighted by Gasteiger charge is 2.35. The molecule has 2 unspecified atom stereocenters. The zero-order valence-electron chi connectivity index (χ0n) is 20.5. The Morgan fingerprint density at radius 1 is 1.11 bits per heavy atom. The van der Waals surface area contributed by atoms with Crippen LogP contribution in [0, 0.1) is 34.8 Å². The van der Waals surface area contributed by atoms with Crippen LogP contribution in [-0.4, -0.2) is 55.3 Å². The zero-order valence-corrected chi connectivity index (χ0v) is 21.4. The SMILES string of the molecule is CC1CC1COc1c(N2CCN(S(=O)(=O)c3cccc(C#N)c3)CC2)cnn(-c2cc(F)cc(F)c2)c1=O. The summed E-state index contributed by atoms with van der Waals surface area (Å²) in [6.07, 6.45) is 2.38. The van der Waals surface area contributed by atoms with Gasteiger partial charge in [0.2, 0.25) is 15.8 Å². The lowest BCUT2D eigenvalue weighted by Crippen LogP contribution is -2.49. The van der Waals surface area contributed by atoms with Gasteiger partial charge in [-0.2, -0.15) is 19.3 Å². The molecule has 0 spiro atoms. The molecule has 3 aromatic rings. The fourth-order valence-corrected chi connectivity index (χ4v) is 5.97. The molecule has 1 saturated carbocycles. The smallest absolute Gasteiger partial charge is 0.316 e. The van der Waals surface area contributed by atoms with E-state index in [-0.39, 0.29) is 48.1 Å². The second kappa shape index (κ2) is 10.2. The Balaban J connectivity index is 1.41. The molecule has 2 fully saturated rings. The topological polar surface area (TPSA) is 109 Å². The van der Waals surface area contributed by atoms with E-state index < -0.39 is 27.2 Å². The van der Waals surface area contributed by atoms with Crippen molar-refractivity contribution in [1.82, 2.24) is 14.1 Å². The maximum absolute atomic E-state index is 13.8. The van der Waals surface area contributed by atoms with Gasteiger partial charge in [-0.25, -0.2) is 17.2 Å². The maximum Gasteiger partial charge on any atom is 0.316 e. The predicted octanol–water partition coefficient (Wildman–Crippen LogP) is 2.93. The van der Waals surface area contributed by atoms with Crippen molar-refractivity contribution in [1.29, 1.82) is 5.26 Å². The second-order valence-corrected chi connectivity index (χ2v) is 11.5. The number of sulfonamides is 1. The first-order valence-electron chi connectivity index (χ1n) is 12.1. The van der Waals surface area contributed by atoms with Crippen molar-refractivity contribution >= 4 is 15.7 Å². The zero-order chi connectivity index (χ0) is 27.0. The molecule has 2 aromatic carbocycles. The molecule has 5 rings (SSSR count). The van der Waals surface area contributed by atoms with Crippen molar-refractivity contribution in [2.24, 2.45) is 11.8 Å². The van der Waals surface area contributed by atoms with Crippen LogP contribution in [0.2, 0.25) is 0 Å². The fourth-order valence-electron chi connectivity index (χ4n) is 4.50. The number of nitriles is 1. The number of halogens is 2. The molecule has 0 amide bonds. The molecule has 0 radical (unpaired) electrons. The molecule has 1 saturated heterocycles. The standard InChI is InChI=1S/C26H25F2N5O4S/c1-17-9-19(17)16-37-25-24(15-30-33(26(25)34)22-12-20(27)11-21(28)13-22)31-5-7-32(8-6-31)38(35,36)23-4-2-3-18(10-23)14-29/h2-4,10-13,15,17,19H,5-9,16H2,1H3. The molecule has 1 aromatic heterocycles. The summed E-state index contributed by atoms with van der Waals surface area (Å²) in [4.78, 5) is 15.3. The van der Waals surface area contributed by atoms with E-state index >= 15 is 0 Å². The van der Waals surface area contributed by atoms with Gasteiger partial charge in [0, 0.05) is 32.2 Å². The first-order valence-corrected chi connectivity index (χ1v) is 13.6. The first-order chi connectivity index (χ1) is 18.2. The summed E-state index contributed by atoms with van der Waals surface area (Å²) in [6.45, 7) is 3.18. The molecule has 12 heteroatoms. The second-order valence-electron chi connectivity index (χ2n) is 9.52. The average molecular weight is 542 g/mol. The maximum atomic E-state index is 13.8. The fraction of sp³-hybridized carbons (Fsp3) is 0.346. The summed E-state index contributed by atoms with van der Waals surface area (Å²) in [6, 6.07) is 10.5. The van der Waals surface area contributed by atoms with Crippen LogP contribution in [0.5, 0.6) is 5.75 Å². The van der Waals surface area contributed by atoms with E-state index in [4.69, 9.17) is 10.00 Å². The number of nitrogens with zero attached hydrogens (tertiary/aromatic N) is 5. The highest BCUT2D eigenvalue weighted by Crippen LogP contribution is 2.38. The van der Waals surface area contributed by atoms with Crippen LogP contribution in [0.3, 0.4) is 0 Å². The van der Waals surface area contributed by atoms with Gasteiger partial charge in [-0.3, -0.25) is 4.79 Å². The number of aromatic nitrogens is 2. The number of benzene rings is 2. The van der Waals surface area contributed by atoms with Crippen molar-refractivity contribution in [2.75, 3.05) is 37.7 Å². The van der Waals surface area contributed by atoms with Gasteiger partial charge in [0.1, 0.15) is 17.3 Å². The normalized spacial score (nSPS) is 19.7. The van der Waals surface area contributed by atoms with Gasteiger partial charge in [0.05, 0.1) is 35.0 Å². The molecule has 1 aliphatic carbocycles. The summed E-state index contributed by atoms with van der Waals surface area (Å²) >= 11 is 0. The van der Waals surface area contributed by atoms with Crippen LogP contribution >= 0.6 is 0 Å². The lowest BCUT2D eigenvalue weighted by atomic mass is 10.2. The third-order valence-corrected chi connectivity index (χ3v) is 8.80. The Bertz CT molecular complexity index is 1560. The highest BCUT2D eigenvalue weighted by atomic mass is 32.2. The predicted molar refractivity (Wildman–Crippen MR) is 135 cm³/mol. The highest BCUT2D eigenvalue weighted by molar-refractivity contribution is 7.89. The molecule has 2 heterocycles. The van der Waals surface area contributed by atoms with E-state index in [9.17, 15) is 22.0 Å². The van der Waals surface area contributed by atoms with Gasteiger partial charge in [0.15, 0.2) is 0 Å². The number of rotatable bonds is 7. The molecular formula is C26H25F2N5O4S. The molecule has 2 atom stereocenters. The van der Waals surface area contributed by atoms with Crippen LogP contribution in [0.25, 0.3) is 5.69 Å². The van der Waals surface area contributed by atoms with E-state index in [0.717, 1.165) is 23.2 Å². The van der Waals surface area contributed by atoms with E-state index in [0.29, 0.717) is 30.2 Å². The minimum atomic E-state index is -3.82. The van der Waals surface area contributed by atoms with Crippen molar-refractivity contribution < 1.29 is 21.9 Å². The van der Waals surface area contributed by atoms with Crippen molar-refractivity contribution in [2.45, 2.75) is 18.2 Å². The van der Waals surface area contributed by atoms with Gasteiger partial charge in [-0.1, -0.05) is 13.0 Å². The summed E-state index contributed by atoms with van der Waals surface area (Å²) < 4.78 is 62.1. The third-order valence-electron chi connectivity index (χ3n) is 6.90. The van der Waals surface area contributed by atoms with Crippen molar-refractivity contribution in [3.05, 3.63) is 76.2 Å². The molecule has 2 aliphatic rings. The largest absolute Gasteiger partial charge is 0.486 e. The van der Waals surface area contributed by atoms with Gasteiger partial charge in [0.25, 0.3) is 0 Å². The number of ether oxygens (including phenoxy) is 1.